The number of ketones is 1. The van der Waals surface area contributed by atoms with Gasteiger partial charge in [-0.25, -0.2) is 4.90 Å². The van der Waals surface area contributed by atoms with E-state index in [-0.39, 0.29) is 36.0 Å². The Morgan fingerprint density at radius 3 is 2.26 bits per heavy atom. The minimum Gasteiger partial charge on any atom is -0.485 e. The molecule has 2 aromatic rings. The van der Waals surface area contributed by atoms with Crippen LogP contribution in [0.4, 0.5) is 5.69 Å². The summed E-state index contributed by atoms with van der Waals surface area (Å²) in [5, 5.41) is 0. The first-order chi connectivity index (χ1) is 13.1. The third-order valence-electron chi connectivity index (χ3n) is 5.38. The lowest BCUT2D eigenvalue weighted by molar-refractivity contribution is -0.122. The van der Waals surface area contributed by atoms with Gasteiger partial charge >= 0.3 is 0 Å². The molecule has 5 nitrogen and oxygen atoms in total. The van der Waals surface area contributed by atoms with E-state index in [9.17, 15) is 14.4 Å². The summed E-state index contributed by atoms with van der Waals surface area (Å²) in [5.41, 5.74) is 1.10. The van der Waals surface area contributed by atoms with Crippen molar-refractivity contribution >= 4 is 23.3 Å². The first-order valence-electron chi connectivity index (χ1n) is 9.34. The van der Waals surface area contributed by atoms with Crippen molar-refractivity contribution in [3.63, 3.8) is 0 Å². The second kappa shape index (κ2) is 7.35. The van der Waals surface area contributed by atoms with Gasteiger partial charge in [-0.05, 0) is 25.0 Å². The molecule has 0 unspecified atom stereocenters. The highest BCUT2D eigenvalue weighted by Crippen LogP contribution is 2.40. The summed E-state index contributed by atoms with van der Waals surface area (Å²) in [5.74, 6) is -0.247. The molecule has 2 fully saturated rings. The summed E-state index contributed by atoms with van der Waals surface area (Å²) in [6, 6.07) is 15.8. The highest BCUT2D eigenvalue weighted by atomic mass is 16.5. The van der Waals surface area contributed by atoms with Crippen molar-refractivity contribution in [3.8, 4) is 5.75 Å². The molecule has 27 heavy (non-hydrogen) atoms. The molecule has 0 bridgehead atoms. The van der Waals surface area contributed by atoms with Gasteiger partial charge in [0.1, 0.15) is 5.75 Å². The fraction of sp³-hybridized carbons (Fsp3) is 0.318. The van der Waals surface area contributed by atoms with Crippen molar-refractivity contribution in [2.24, 2.45) is 11.8 Å². The molecule has 2 amide bonds. The van der Waals surface area contributed by atoms with Crippen LogP contribution in [0, 0.1) is 11.8 Å². The molecule has 138 valence electrons. The number of carbonyl (C=O) groups is 3. The van der Waals surface area contributed by atoms with Gasteiger partial charge in [-0.1, -0.05) is 49.2 Å². The summed E-state index contributed by atoms with van der Waals surface area (Å²) in [4.78, 5) is 38.9. The molecule has 1 aliphatic heterocycles. The Kier molecular flexibility index (Phi) is 4.75. The zero-order chi connectivity index (χ0) is 18.8. The Bertz CT molecular complexity index is 853. The summed E-state index contributed by atoms with van der Waals surface area (Å²) in [7, 11) is 0. The van der Waals surface area contributed by atoms with Gasteiger partial charge in [0.05, 0.1) is 17.5 Å². The van der Waals surface area contributed by atoms with Gasteiger partial charge in [-0.15, -0.1) is 0 Å². The van der Waals surface area contributed by atoms with E-state index in [2.05, 4.69) is 0 Å². The Morgan fingerprint density at radius 1 is 0.926 bits per heavy atom. The highest BCUT2D eigenvalue weighted by Gasteiger charge is 2.48. The minimum atomic E-state index is -0.185. The molecular weight excluding hydrogens is 342 g/mol. The standard InChI is InChI=1S/C22H21NO4/c24-20(15-7-2-1-3-8-15)14-27-17-10-6-9-16(13-17)23-21(25)18-11-4-5-12-19(18)22(23)26/h1-3,6-10,13,18-19H,4-5,11-12,14H2/t18-,19-/m1/s1. The van der Waals surface area contributed by atoms with Crippen molar-refractivity contribution in [1.29, 1.82) is 0 Å². The monoisotopic (exact) mass is 363 g/mol. The van der Waals surface area contributed by atoms with Gasteiger partial charge in [-0.3, -0.25) is 14.4 Å². The van der Waals surface area contributed by atoms with E-state index in [1.165, 1.54) is 4.90 Å². The van der Waals surface area contributed by atoms with Crippen LogP contribution in [0.15, 0.2) is 54.6 Å². The van der Waals surface area contributed by atoms with Crippen LogP contribution in [0.1, 0.15) is 36.0 Å². The average molecular weight is 363 g/mol. The molecule has 0 spiro atoms. The largest absolute Gasteiger partial charge is 0.485 e. The van der Waals surface area contributed by atoms with Crippen LogP contribution in [0.25, 0.3) is 0 Å². The fourth-order valence-corrected chi connectivity index (χ4v) is 3.99. The molecule has 1 heterocycles. The summed E-state index contributed by atoms with van der Waals surface area (Å²) < 4.78 is 5.61. The number of anilines is 1. The maximum absolute atomic E-state index is 12.7. The number of nitrogens with zero attached hydrogens (tertiary/aromatic N) is 1. The predicted octanol–water partition coefficient (Wildman–Crippen LogP) is 3.63. The maximum Gasteiger partial charge on any atom is 0.237 e. The lowest BCUT2D eigenvalue weighted by Gasteiger charge is -2.19. The zero-order valence-corrected chi connectivity index (χ0v) is 15.0. The van der Waals surface area contributed by atoms with Gasteiger partial charge in [-0.2, -0.15) is 0 Å². The van der Waals surface area contributed by atoms with Gasteiger partial charge in [0.15, 0.2) is 12.4 Å². The summed E-state index contributed by atoms with van der Waals surface area (Å²) >= 11 is 0. The first kappa shape index (κ1) is 17.5. The average Bonchev–Trinajstić information content (AvgIpc) is 2.98. The third-order valence-corrected chi connectivity index (χ3v) is 5.38. The molecule has 2 aromatic carbocycles. The number of benzene rings is 2. The van der Waals surface area contributed by atoms with Crippen LogP contribution in [0.3, 0.4) is 0 Å². The van der Waals surface area contributed by atoms with Crippen LogP contribution in [-0.2, 0) is 9.59 Å². The molecule has 1 saturated carbocycles. The van der Waals surface area contributed by atoms with Gasteiger partial charge in [0.25, 0.3) is 0 Å². The number of ether oxygens (including phenoxy) is 1. The number of carbonyl (C=O) groups excluding carboxylic acids is 3. The molecule has 0 radical (unpaired) electrons. The number of hydrogen-bond acceptors (Lipinski definition) is 4. The van der Waals surface area contributed by atoms with E-state index in [1.807, 2.05) is 6.07 Å². The van der Waals surface area contributed by atoms with Crippen molar-refractivity contribution in [3.05, 3.63) is 60.2 Å². The van der Waals surface area contributed by atoms with Gasteiger partial charge in [0.2, 0.25) is 11.8 Å². The van der Waals surface area contributed by atoms with Crippen LogP contribution in [0.2, 0.25) is 0 Å². The van der Waals surface area contributed by atoms with Gasteiger partial charge in [0, 0.05) is 11.6 Å². The lowest BCUT2D eigenvalue weighted by atomic mass is 9.81. The Balaban J connectivity index is 1.49. The number of fused-ring (bicyclic) bond motifs is 1. The lowest BCUT2D eigenvalue weighted by Crippen LogP contribution is -2.30. The Hall–Kier alpha value is -2.95. The summed E-state index contributed by atoms with van der Waals surface area (Å²) in [6.45, 7) is -0.0966. The summed E-state index contributed by atoms with van der Waals surface area (Å²) in [6.07, 6.45) is 3.57. The molecule has 4 rings (SSSR count). The fourth-order valence-electron chi connectivity index (χ4n) is 3.99. The number of hydrogen-bond donors (Lipinski definition) is 0. The predicted molar refractivity (Wildman–Crippen MR) is 101 cm³/mol. The quantitative estimate of drug-likeness (QED) is 0.601. The zero-order valence-electron chi connectivity index (χ0n) is 15.0. The molecule has 2 atom stereocenters. The number of Topliss-reactive ketones (excluding diaryl/α,β-unsaturated/α-hetero) is 1. The van der Waals surface area contributed by atoms with Crippen molar-refractivity contribution < 1.29 is 19.1 Å². The van der Waals surface area contributed by atoms with Crippen molar-refractivity contribution in [2.75, 3.05) is 11.5 Å². The van der Waals surface area contributed by atoms with E-state index < -0.39 is 0 Å². The van der Waals surface area contributed by atoms with Crippen LogP contribution < -0.4 is 9.64 Å². The molecule has 0 aromatic heterocycles. The molecule has 5 heteroatoms. The molecule has 2 aliphatic rings. The van der Waals surface area contributed by atoms with Crippen molar-refractivity contribution in [1.82, 2.24) is 0 Å². The van der Waals surface area contributed by atoms with Crippen LogP contribution in [0.5, 0.6) is 5.75 Å². The van der Waals surface area contributed by atoms with Crippen LogP contribution in [-0.4, -0.2) is 24.2 Å². The normalized spacial score (nSPS) is 21.9. The second-order valence-electron chi connectivity index (χ2n) is 7.08. The SMILES string of the molecule is O=C(COc1cccc(N2C(=O)[C@@H]3CCCC[C@H]3C2=O)c1)c1ccccc1. The third kappa shape index (κ3) is 3.37. The molecular formula is C22H21NO4. The van der Waals surface area contributed by atoms with Crippen LogP contribution >= 0.6 is 0 Å². The number of imide groups is 1. The number of amides is 2. The van der Waals surface area contributed by atoms with Crippen molar-refractivity contribution in [2.45, 2.75) is 25.7 Å². The minimum absolute atomic E-state index is 0.0966. The highest BCUT2D eigenvalue weighted by molar-refractivity contribution is 6.22. The van der Waals surface area contributed by atoms with E-state index in [0.717, 1.165) is 25.7 Å². The first-order valence-corrected chi connectivity index (χ1v) is 9.34. The molecule has 1 saturated heterocycles. The Labute approximate surface area is 157 Å². The van der Waals surface area contributed by atoms with Gasteiger partial charge < -0.3 is 4.74 Å². The molecule has 0 N–H and O–H groups in total. The molecule has 1 aliphatic carbocycles. The van der Waals surface area contributed by atoms with E-state index in [4.69, 9.17) is 4.74 Å². The Morgan fingerprint density at radius 2 is 1.59 bits per heavy atom. The second-order valence-corrected chi connectivity index (χ2v) is 7.08. The smallest absolute Gasteiger partial charge is 0.237 e. The maximum atomic E-state index is 12.7. The van der Waals surface area contributed by atoms with E-state index >= 15 is 0 Å². The topological polar surface area (TPSA) is 63.7 Å². The van der Waals surface area contributed by atoms with E-state index in [1.54, 1.807) is 48.5 Å². The van der Waals surface area contributed by atoms with E-state index in [0.29, 0.717) is 17.0 Å². The number of rotatable bonds is 5.